The molecule has 0 radical (unpaired) electrons. The molecule has 0 saturated carbocycles. The normalized spacial score (nSPS) is 10.1. The number of carbonyl (C=O) groups excluding carboxylic acids is 2. The third kappa shape index (κ3) is 5.92. The van der Waals surface area contributed by atoms with Gasteiger partial charge in [-0.15, -0.1) is 0 Å². The van der Waals surface area contributed by atoms with Crippen molar-refractivity contribution in [1.29, 1.82) is 0 Å². The van der Waals surface area contributed by atoms with Crippen LogP contribution in [0.4, 0.5) is 5.69 Å². The van der Waals surface area contributed by atoms with Gasteiger partial charge >= 0.3 is 0 Å². The molecule has 2 aromatic carbocycles. The van der Waals surface area contributed by atoms with Gasteiger partial charge in [0.25, 0.3) is 5.91 Å². The summed E-state index contributed by atoms with van der Waals surface area (Å²) in [4.78, 5) is 23.4. The second kappa shape index (κ2) is 8.78. The van der Waals surface area contributed by atoms with E-state index >= 15 is 0 Å². The summed E-state index contributed by atoms with van der Waals surface area (Å²) in [5, 5.41) is 6.34. The molecule has 0 saturated heterocycles. The highest BCUT2D eigenvalue weighted by Crippen LogP contribution is 2.24. The number of benzene rings is 2. The molecule has 2 amide bonds. The van der Waals surface area contributed by atoms with E-state index in [1.54, 1.807) is 36.4 Å². The minimum absolute atomic E-state index is 0.191. The molecule has 0 unspecified atom stereocenters. The number of anilines is 1. The van der Waals surface area contributed by atoms with Crippen LogP contribution in [0.1, 0.15) is 0 Å². The molecule has 5 nitrogen and oxygen atoms in total. The zero-order valence-electron chi connectivity index (χ0n) is 12.3. The minimum atomic E-state index is -0.422. The molecule has 0 heterocycles. The highest BCUT2D eigenvalue weighted by atomic mass is 35.5. The number of hydrogen-bond acceptors (Lipinski definition) is 3. The maximum atomic E-state index is 11.8. The van der Waals surface area contributed by atoms with Gasteiger partial charge < -0.3 is 15.4 Å². The fraction of sp³-hybridized carbons (Fsp3) is 0.125. The van der Waals surface area contributed by atoms with Gasteiger partial charge in [0.2, 0.25) is 5.91 Å². The summed E-state index contributed by atoms with van der Waals surface area (Å²) in [5.41, 5.74) is 0.487. The Kier molecular flexibility index (Phi) is 6.73. The molecule has 0 aliphatic carbocycles. The Morgan fingerprint density at radius 1 is 0.917 bits per heavy atom. The van der Waals surface area contributed by atoms with Crippen molar-refractivity contribution < 1.29 is 14.3 Å². The number of hydrogen-bond donors (Lipinski definition) is 2. The Morgan fingerprint density at radius 3 is 2.29 bits per heavy atom. The first-order valence-electron chi connectivity index (χ1n) is 6.84. The van der Waals surface area contributed by atoms with Crippen LogP contribution in [0.25, 0.3) is 0 Å². The molecule has 0 aliphatic rings. The topological polar surface area (TPSA) is 67.4 Å². The molecule has 24 heavy (non-hydrogen) atoms. The third-order valence-corrected chi connectivity index (χ3v) is 3.82. The largest absolute Gasteiger partial charge is 0.484 e. The van der Waals surface area contributed by atoms with Crippen molar-refractivity contribution in [2.75, 3.05) is 18.5 Å². The number of halogens is 3. The van der Waals surface area contributed by atoms with Crippen LogP contribution in [-0.4, -0.2) is 25.0 Å². The van der Waals surface area contributed by atoms with Gasteiger partial charge in [0, 0.05) is 10.7 Å². The molecule has 0 bridgehead atoms. The second-order valence-electron chi connectivity index (χ2n) is 4.70. The van der Waals surface area contributed by atoms with Crippen molar-refractivity contribution >= 4 is 52.3 Å². The SMILES string of the molecule is O=C(COc1ccc(Cl)cc1)NCC(=O)Nc1ccc(Cl)c(Cl)c1. The molecule has 0 fully saturated rings. The van der Waals surface area contributed by atoms with E-state index in [9.17, 15) is 9.59 Å². The maximum Gasteiger partial charge on any atom is 0.258 e. The summed E-state index contributed by atoms with van der Waals surface area (Å²) in [6.07, 6.45) is 0. The quantitative estimate of drug-likeness (QED) is 0.792. The molecule has 2 rings (SSSR count). The van der Waals surface area contributed by atoms with E-state index in [4.69, 9.17) is 39.5 Å². The van der Waals surface area contributed by atoms with Gasteiger partial charge in [0.1, 0.15) is 5.75 Å². The zero-order chi connectivity index (χ0) is 17.5. The highest BCUT2D eigenvalue weighted by molar-refractivity contribution is 6.42. The van der Waals surface area contributed by atoms with Crippen LogP contribution < -0.4 is 15.4 Å². The molecule has 2 N–H and O–H groups in total. The minimum Gasteiger partial charge on any atom is -0.484 e. The smallest absolute Gasteiger partial charge is 0.258 e. The van der Waals surface area contributed by atoms with Crippen LogP contribution in [0.2, 0.25) is 15.1 Å². The zero-order valence-corrected chi connectivity index (χ0v) is 14.6. The van der Waals surface area contributed by atoms with E-state index in [-0.39, 0.29) is 13.2 Å². The van der Waals surface area contributed by atoms with Crippen LogP contribution in [-0.2, 0) is 9.59 Å². The van der Waals surface area contributed by atoms with Crippen LogP contribution in [0, 0.1) is 0 Å². The van der Waals surface area contributed by atoms with Gasteiger partial charge in [-0.3, -0.25) is 9.59 Å². The van der Waals surface area contributed by atoms with E-state index in [1.807, 2.05) is 0 Å². The highest BCUT2D eigenvalue weighted by Gasteiger charge is 2.08. The summed E-state index contributed by atoms with van der Waals surface area (Å²) in [6.45, 7) is -0.398. The monoisotopic (exact) mass is 386 g/mol. The van der Waals surface area contributed by atoms with Crippen molar-refractivity contribution in [1.82, 2.24) is 5.32 Å². The summed E-state index contributed by atoms with van der Waals surface area (Å²) in [6, 6.07) is 11.3. The van der Waals surface area contributed by atoms with Gasteiger partial charge in [0.05, 0.1) is 16.6 Å². The van der Waals surface area contributed by atoms with Crippen LogP contribution in [0.3, 0.4) is 0 Å². The summed E-state index contributed by atoms with van der Waals surface area (Å²) < 4.78 is 5.27. The molecule has 0 aromatic heterocycles. The van der Waals surface area contributed by atoms with Crippen LogP contribution in [0.15, 0.2) is 42.5 Å². The number of nitrogens with one attached hydrogen (secondary N) is 2. The van der Waals surface area contributed by atoms with E-state index in [0.717, 1.165) is 0 Å². The van der Waals surface area contributed by atoms with Crippen LogP contribution >= 0.6 is 34.8 Å². The van der Waals surface area contributed by atoms with Crippen molar-refractivity contribution in [3.63, 3.8) is 0 Å². The van der Waals surface area contributed by atoms with Crippen molar-refractivity contribution in [2.24, 2.45) is 0 Å². The summed E-state index contributed by atoms with van der Waals surface area (Å²) in [7, 11) is 0. The van der Waals surface area contributed by atoms with Crippen molar-refractivity contribution in [2.45, 2.75) is 0 Å². The van der Waals surface area contributed by atoms with Gasteiger partial charge in [-0.1, -0.05) is 34.8 Å². The van der Waals surface area contributed by atoms with Gasteiger partial charge in [0.15, 0.2) is 6.61 Å². The molecular formula is C16H13Cl3N2O3. The van der Waals surface area contributed by atoms with Crippen molar-refractivity contribution in [3.8, 4) is 5.75 Å². The molecular weight excluding hydrogens is 375 g/mol. The summed E-state index contributed by atoms with van der Waals surface area (Å²) >= 11 is 17.4. The van der Waals surface area contributed by atoms with Gasteiger partial charge in [-0.05, 0) is 42.5 Å². The number of ether oxygens (including phenoxy) is 1. The predicted molar refractivity (Wildman–Crippen MR) is 95.0 cm³/mol. The van der Waals surface area contributed by atoms with E-state index in [1.165, 1.54) is 6.07 Å². The number of amides is 2. The Morgan fingerprint density at radius 2 is 1.62 bits per heavy atom. The second-order valence-corrected chi connectivity index (χ2v) is 5.95. The molecule has 8 heteroatoms. The Hall–Kier alpha value is -1.95. The lowest BCUT2D eigenvalue weighted by Crippen LogP contribution is -2.35. The lowest BCUT2D eigenvalue weighted by atomic mass is 10.3. The molecule has 0 spiro atoms. The van der Waals surface area contributed by atoms with E-state index < -0.39 is 11.8 Å². The fourth-order valence-corrected chi connectivity index (χ4v) is 2.11. The van der Waals surface area contributed by atoms with Crippen LogP contribution in [0.5, 0.6) is 5.75 Å². The summed E-state index contributed by atoms with van der Waals surface area (Å²) in [5.74, 6) is -0.308. The molecule has 0 aliphatic heterocycles. The van der Waals surface area contributed by atoms with Gasteiger partial charge in [-0.2, -0.15) is 0 Å². The van der Waals surface area contributed by atoms with Gasteiger partial charge in [-0.25, -0.2) is 0 Å². The fourth-order valence-electron chi connectivity index (χ4n) is 1.69. The predicted octanol–water partition coefficient (Wildman–Crippen LogP) is 3.78. The van der Waals surface area contributed by atoms with E-state index in [2.05, 4.69) is 10.6 Å². The number of rotatable bonds is 6. The molecule has 126 valence electrons. The Labute approximate surface area is 153 Å². The standard InChI is InChI=1S/C16H13Cl3N2O3/c17-10-1-4-12(5-2-10)24-9-16(23)20-8-15(22)21-11-3-6-13(18)14(19)7-11/h1-7H,8-9H2,(H,20,23)(H,21,22). The average molecular weight is 388 g/mol. The average Bonchev–Trinajstić information content (AvgIpc) is 2.56. The Balaban J connectivity index is 1.73. The lowest BCUT2D eigenvalue weighted by molar-refractivity contribution is -0.125. The third-order valence-electron chi connectivity index (χ3n) is 2.83. The first-order chi connectivity index (χ1) is 11.4. The first kappa shape index (κ1) is 18.4. The maximum absolute atomic E-state index is 11.8. The first-order valence-corrected chi connectivity index (χ1v) is 7.97. The van der Waals surface area contributed by atoms with E-state index in [0.29, 0.717) is 26.5 Å². The molecule has 0 atom stereocenters. The Bertz CT molecular complexity index is 736. The van der Waals surface area contributed by atoms with Crippen molar-refractivity contribution in [3.05, 3.63) is 57.5 Å². The lowest BCUT2D eigenvalue weighted by Gasteiger charge is -2.09. The number of carbonyl (C=O) groups is 2. The molecule has 2 aromatic rings.